The van der Waals surface area contributed by atoms with Gasteiger partial charge in [0, 0.05) is 19.0 Å². The van der Waals surface area contributed by atoms with E-state index in [1.807, 2.05) is 10.8 Å². The van der Waals surface area contributed by atoms with Crippen LogP contribution in [0.3, 0.4) is 0 Å². The molecule has 1 N–H and O–H groups in total. The lowest BCUT2D eigenvalue weighted by molar-refractivity contribution is 0.0950. The van der Waals surface area contributed by atoms with Crippen molar-refractivity contribution in [2.45, 2.75) is 32.1 Å². The van der Waals surface area contributed by atoms with Crippen LogP contribution in [-0.4, -0.2) is 27.4 Å². The number of aliphatic hydroxyl groups is 1. The highest BCUT2D eigenvalue weighted by atomic mass is 16.5. The molecule has 0 saturated carbocycles. The minimum atomic E-state index is -0.000278. The third-order valence-corrected chi connectivity index (χ3v) is 2.37. The summed E-state index contributed by atoms with van der Waals surface area (Å²) in [5.41, 5.74) is 0. The van der Waals surface area contributed by atoms with Gasteiger partial charge in [0.15, 0.2) is 0 Å². The summed E-state index contributed by atoms with van der Waals surface area (Å²) >= 11 is 0. The highest BCUT2D eigenvalue weighted by molar-refractivity contribution is 4.91. The highest BCUT2D eigenvalue weighted by Crippen LogP contribution is 2.14. The molecule has 4 heteroatoms. The summed E-state index contributed by atoms with van der Waals surface area (Å²) in [6.07, 6.45) is 6.16. The third-order valence-electron chi connectivity index (χ3n) is 2.37. The molecular weight excluding hydrogens is 168 g/mol. The molecule has 0 spiro atoms. The molecule has 1 aromatic rings. The molecule has 1 fully saturated rings. The average Bonchev–Trinajstić information content (AvgIpc) is 2.76. The Hall–Kier alpha value is -0.870. The molecule has 1 unspecified atom stereocenters. The fraction of sp³-hybridized carbons (Fsp3) is 0.667. The molecule has 0 amide bonds. The Labute approximate surface area is 77.2 Å². The monoisotopic (exact) mass is 182 g/mol. The molecule has 0 radical (unpaired) electrons. The van der Waals surface area contributed by atoms with Gasteiger partial charge in [-0.2, -0.15) is 0 Å². The Morgan fingerprint density at radius 3 is 3.31 bits per heavy atom. The summed E-state index contributed by atoms with van der Waals surface area (Å²) in [6.45, 7) is 1.68. The summed E-state index contributed by atoms with van der Waals surface area (Å²) in [4.78, 5) is 4.03. The van der Waals surface area contributed by atoms with Gasteiger partial charge in [-0.3, -0.25) is 0 Å². The fourth-order valence-electron chi connectivity index (χ4n) is 1.67. The van der Waals surface area contributed by atoms with Gasteiger partial charge in [0.2, 0.25) is 0 Å². The molecule has 1 saturated heterocycles. The number of aromatic nitrogens is 2. The zero-order valence-corrected chi connectivity index (χ0v) is 7.52. The first-order valence-corrected chi connectivity index (χ1v) is 4.62. The molecule has 1 aliphatic heterocycles. The Morgan fingerprint density at radius 2 is 2.62 bits per heavy atom. The van der Waals surface area contributed by atoms with Gasteiger partial charge >= 0.3 is 0 Å². The van der Waals surface area contributed by atoms with E-state index in [-0.39, 0.29) is 6.61 Å². The van der Waals surface area contributed by atoms with Gasteiger partial charge in [-0.05, 0) is 12.8 Å². The van der Waals surface area contributed by atoms with Crippen LogP contribution in [0.5, 0.6) is 0 Å². The lowest BCUT2D eigenvalue weighted by Crippen LogP contribution is -2.16. The van der Waals surface area contributed by atoms with Gasteiger partial charge < -0.3 is 14.4 Å². The molecule has 13 heavy (non-hydrogen) atoms. The molecule has 0 aromatic carbocycles. The number of aliphatic hydroxyl groups excluding tert-OH is 1. The maximum atomic E-state index is 8.96. The van der Waals surface area contributed by atoms with Crippen LogP contribution in [0.15, 0.2) is 12.4 Å². The number of hydrogen-bond acceptors (Lipinski definition) is 3. The number of nitrogens with zero attached hydrogens (tertiary/aromatic N) is 2. The lowest BCUT2D eigenvalue weighted by Gasteiger charge is -2.11. The topological polar surface area (TPSA) is 47.3 Å². The van der Waals surface area contributed by atoms with Gasteiger partial charge in [-0.25, -0.2) is 4.98 Å². The second-order valence-electron chi connectivity index (χ2n) is 3.29. The lowest BCUT2D eigenvalue weighted by atomic mass is 10.2. The molecule has 1 atom stereocenters. The van der Waals surface area contributed by atoms with E-state index >= 15 is 0 Å². The minimum absolute atomic E-state index is 0.000278. The van der Waals surface area contributed by atoms with Gasteiger partial charge in [-0.1, -0.05) is 0 Å². The van der Waals surface area contributed by atoms with Crippen LogP contribution in [-0.2, 0) is 17.9 Å². The van der Waals surface area contributed by atoms with Crippen LogP contribution in [0.25, 0.3) is 0 Å². The molecule has 0 bridgehead atoms. The minimum Gasteiger partial charge on any atom is -0.388 e. The number of hydrogen-bond donors (Lipinski definition) is 1. The first-order chi connectivity index (χ1) is 6.40. The normalized spacial score (nSPS) is 22.4. The summed E-state index contributed by atoms with van der Waals surface area (Å²) in [5.74, 6) is 0.718. The number of ether oxygens (including phenoxy) is 1. The van der Waals surface area contributed by atoms with Gasteiger partial charge in [0.25, 0.3) is 0 Å². The quantitative estimate of drug-likeness (QED) is 0.742. The molecule has 2 heterocycles. The van der Waals surface area contributed by atoms with Crippen molar-refractivity contribution in [3.63, 3.8) is 0 Å². The van der Waals surface area contributed by atoms with Crippen molar-refractivity contribution >= 4 is 0 Å². The summed E-state index contributed by atoms with van der Waals surface area (Å²) in [7, 11) is 0. The maximum absolute atomic E-state index is 8.96. The first kappa shape index (κ1) is 8.72. The summed E-state index contributed by atoms with van der Waals surface area (Å²) in [6, 6.07) is 0. The van der Waals surface area contributed by atoms with E-state index in [9.17, 15) is 0 Å². The standard InChI is InChI=1S/C9H14N2O2/c12-7-9-10-3-4-11(9)6-8-2-1-5-13-8/h3-4,8,12H,1-2,5-7H2. The van der Waals surface area contributed by atoms with Crippen molar-refractivity contribution in [2.24, 2.45) is 0 Å². The molecule has 1 aliphatic rings. The van der Waals surface area contributed by atoms with Crippen molar-refractivity contribution in [1.82, 2.24) is 9.55 Å². The van der Waals surface area contributed by atoms with Crippen LogP contribution >= 0.6 is 0 Å². The van der Waals surface area contributed by atoms with E-state index in [0.29, 0.717) is 6.10 Å². The van der Waals surface area contributed by atoms with E-state index in [0.717, 1.165) is 31.8 Å². The molecule has 0 aliphatic carbocycles. The first-order valence-electron chi connectivity index (χ1n) is 4.62. The van der Waals surface area contributed by atoms with E-state index in [1.165, 1.54) is 0 Å². The average molecular weight is 182 g/mol. The fourth-order valence-corrected chi connectivity index (χ4v) is 1.67. The van der Waals surface area contributed by atoms with Crippen molar-refractivity contribution in [1.29, 1.82) is 0 Å². The number of imidazole rings is 1. The Balaban J connectivity index is 1.99. The highest BCUT2D eigenvalue weighted by Gasteiger charge is 2.16. The van der Waals surface area contributed by atoms with E-state index in [1.54, 1.807) is 6.20 Å². The summed E-state index contributed by atoms with van der Waals surface area (Å²) < 4.78 is 7.45. The smallest absolute Gasteiger partial charge is 0.134 e. The van der Waals surface area contributed by atoms with E-state index in [4.69, 9.17) is 9.84 Å². The summed E-state index contributed by atoms with van der Waals surface area (Å²) in [5, 5.41) is 8.96. The van der Waals surface area contributed by atoms with Crippen LogP contribution < -0.4 is 0 Å². The van der Waals surface area contributed by atoms with Gasteiger partial charge in [-0.15, -0.1) is 0 Å². The Bertz CT molecular complexity index is 266. The Morgan fingerprint density at radius 1 is 1.69 bits per heavy atom. The second-order valence-corrected chi connectivity index (χ2v) is 3.29. The largest absolute Gasteiger partial charge is 0.388 e. The molecular formula is C9H14N2O2. The van der Waals surface area contributed by atoms with Crippen molar-refractivity contribution in [3.05, 3.63) is 18.2 Å². The predicted octanol–water partition coefficient (Wildman–Crippen LogP) is 0.554. The molecule has 4 nitrogen and oxygen atoms in total. The van der Waals surface area contributed by atoms with Crippen LogP contribution in [0.2, 0.25) is 0 Å². The van der Waals surface area contributed by atoms with Crippen LogP contribution in [0, 0.1) is 0 Å². The van der Waals surface area contributed by atoms with Gasteiger partial charge in [0.05, 0.1) is 12.6 Å². The number of rotatable bonds is 3. The second kappa shape index (κ2) is 3.89. The van der Waals surface area contributed by atoms with E-state index < -0.39 is 0 Å². The zero-order chi connectivity index (χ0) is 9.10. The van der Waals surface area contributed by atoms with Crippen molar-refractivity contribution in [3.8, 4) is 0 Å². The molecule has 72 valence electrons. The third kappa shape index (κ3) is 1.89. The predicted molar refractivity (Wildman–Crippen MR) is 47.1 cm³/mol. The Kier molecular flexibility index (Phi) is 2.61. The van der Waals surface area contributed by atoms with Crippen molar-refractivity contribution in [2.75, 3.05) is 6.61 Å². The van der Waals surface area contributed by atoms with Gasteiger partial charge in [0.1, 0.15) is 12.4 Å². The van der Waals surface area contributed by atoms with Crippen LogP contribution in [0.1, 0.15) is 18.7 Å². The maximum Gasteiger partial charge on any atom is 0.134 e. The van der Waals surface area contributed by atoms with E-state index in [2.05, 4.69) is 4.98 Å². The van der Waals surface area contributed by atoms with Crippen LogP contribution in [0.4, 0.5) is 0 Å². The zero-order valence-electron chi connectivity index (χ0n) is 7.52. The molecule has 1 aromatic heterocycles. The SMILES string of the molecule is OCc1nccn1CC1CCCO1. The molecule has 2 rings (SSSR count). The van der Waals surface area contributed by atoms with Crippen molar-refractivity contribution < 1.29 is 9.84 Å².